The average Bonchev–Trinajstić information content (AvgIpc) is 2.88. The van der Waals surface area contributed by atoms with Crippen molar-refractivity contribution >= 4 is 16.9 Å². The molecular weight excluding hydrogens is 252 g/mol. The second kappa shape index (κ2) is 4.45. The number of aryl methyl sites for hydroxylation is 1. The van der Waals surface area contributed by atoms with Crippen LogP contribution in [0.25, 0.3) is 11.0 Å². The molecule has 0 amide bonds. The lowest BCUT2D eigenvalue weighted by atomic mass is 9.67. The van der Waals surface area contributed by atoms with Crippen LogP contribution in [0.2, 0.25) is 0 Å². The van der Waals surface area contributed by atoms with Crippen LogP contribution in [0.5, 0.6) is 0 Å². The van der Waals surface area contributed by atoms with Gasteiger partial charge in [-0.1, -0.05) is 6.92 Å². The van der Waals surface area contributed by atoms with Crippen molar-refractivity contribution in [2.24, 2.45) is 5.92 Å². The first kappa shape index (κ1) is 12.1. The molecule has 2 bridgehead atoms. The second-order valence-corrected chi connectivity index (χ2v) is 6.06. The largest absolute Gasteiger partial charge is 0.373 e. The molecule has 2 N–H and O–H groups in total. The van der Waals surface area contributed by atoms with Crippen molar-refractivity contribution in [1.82, 2.24) is 15.0 Å². The summed E-state index contributed by atoms with van der Waals surface area (Å²) in [6, 6.07) is 0. The van der Waals surface area contributed by atoms with Crippen LogP contribution in [0.3, 0.4) is 0 Å². The van der Waals surface area contributed by atoms with Gasteiger partial charge in [0.2, 0.25) is 0 Å². The van der Waals surface area contributed by atoms with Gasteiger partial charge in [-0.2, -0.15) is 0 Å². The fourth-order valence-electron chi connectivity index (χ4n) is 3.64. The first-order chi connectivity index (χ1) is 9.80. The summed E-state index contributed by atoms with van der Waals surface area (Å²) in [5.41, 5.74) is 2.23. The first-order valence-corrected chi connectivity index (χ1v) is 7.48. The van der Waals surface area contributed by atoms with E-state index in [9.17, 15) is 0 Å². The second-order valence-electron chi connectivity index (χ2n) is 6.06. The molecule has 2 saturated heterocycles. The summed E-state index contributed by atoms with van der Waals surface area (Å²) in [5, 5.41) is 4.62. The molecule has 5 nitrogen and oxygen atoms in total. The van der Waals surface area contributed by atoms with E-state index in [0.29, 0.717) is 0 Å². The third-order valence-corrected chi connectivity index (χ3v) is 4.77. The van der Waals surface area contributed by atoms with Gasteiger partial charge in [-0.3, -0.25) is 0 Å². The van der Waals surface area contributed by atoms with Crippen molar-refractivity contribution in [2.75, 3.05) is 18.5 Å². The predicted molar refractivity (Wildman–Crippen MR) is 77.8 cm³/mol. The molecule has 5 heteroatoms. The van der Waals surface area contributed by atoms with Crippen molar-refractivity contribution in [3.8, 4) is 0 Å². The van der Waals surface area contributed by atoms with Crippen LogP contribution in [0.1, 0.15) is 31.7 Å². The lowest BCUT2D eigenvalue weighted by Gasteiger charge is -2.52. The molecular formula is C15H20N4O. The highest BCUT2D eigenvalue weighted by atomic mass is 16.5. The van der Waals surface area contributed by atoms with Crippen molar-refractivity contribution in [3.63, 3.8) is 0 Å². The third kappa shape index (κ3) is 1.80. The first-order valence-electron chi connectivity index (χ1n) is 7.48. The summed E-state index contributed by atoms with van der Waals surface area (Å²) in [6.45, 7) is 3.92. The smallest absolute Gasteiger partial charge is 0.143 e. The van der Waals surface area contributed by atoms with E-state index < -0.39 is 0 Å². The van der Waals surface area contributed by atoms with Crippen LogP contribution < -0.4 is 5.32 Å². The van der Waals surface area contributed by atoms with Gasteiger partial charge in [0.25, 0.3) is 0 Å². The number of hydrogen-bond donors (Lipinski definition) is 2. The Labute approximate surface area is 118 Å². The van der Waals surface area contributed by atoms with Crippen molar-refractivity contribution in [2.45, 2.75) is 38.2 Å². The lowest BCUT2D eigenvalue weighted by molar-refractivity contribution is -0.168. The summed E-state index contributed by atoms with van der Waals surface area (Å²) in [4.78, 5) is 11.9. The molecule has 1 saturated carbocycles. The zero-order valence-electron chi connectivity index (χ0n) is 11.8. The number of H-pyrrole nitrogens is 1. The van der Waals surface area contributed by atoms with Gasteiger partial charge in [0.1, 0.15) is 17.8 Å². The number of anilines is 1. The molecule has 0 spiro atoms. The molecule has 0 unspecified atom stereocenters. The zero-order chi connectivity index (χ0) is 13.6. The fourth-order valence-corrected chi connectivity index (χ4v) is 3.64. The Morgan fingerprint density at radius 3 is 3.10 bits per heavy atom. The van der Waals surface area contributed by atoms with Crippen molar-refractivity contribution < 1.29 is 4.74 Å². The molecule has 0 radical (unpaired) electrons. The van der Waals surface area contributed by atoms with E-state index in [4.69, 9.17) is 4.74 Å². The number of nitrogens with one attached hydrogen (secondary N) is 2. The van der Waals surface area contributed by atoms with Gasteiger partial charge >= 0.3 is 0 Å². The molecule has 2 aromatic rings. The lowest BCUT2D eigenvalue weighted by Crippen LogP contribution is -2.55. The average molecular weight is 272 g/mol. The zero-order valence-corrected chi connectivity index (χ0v) is 11.8. The van der Waals surface area contributed by atoms with Crippen LogP contribution in [0, 0.1) is 5.92 Å². The number of fused-ring (bicyclic) bond motifs is 3. The minimum atomic E-state index is 0.0584. The minimum absolute atomic E-state index is 0.0584. The number of rotatable bonds is 4. The van der Waals surface area contributed by atoms with E-state index in [0.717, 1.165) is 42.3 Å². The molecule has 20 heavy (non-hydrogen) atoms. The molecule has 3 fully saturated rings. The van der Waals surface area contributed by atoms with Gasteiger partial charge in [0.05, 0.1) is 11.0 Å². The van der Waals surface area contributed by atoms with Crippen LogP contribution in [0.15, 0.2) is 12.5 Å². The van der Waals surface area contributed by atoms with E-state index in [1.807, 2.05) is 6.20 Å². The molecule has 0 atom stereocenters. The van der Waals surface area contributed by atoms with E-state index in [1.54, 1.807) is 6.33 Å². The van der Waals surface area contributed by atoms with Crippen LogP contribution in [-0.2, 0) is 11.2 Å². The topological polar surface area (TPSA) is 62.8 Å². The molecule has 2 aliphatic heterocycles. The van der Waals surface area contributed by atoms with E-state index in [-0.39, 0.29) is 5.60 Å². The Morgan fingerprint density at radius 2 is 2.35 bits per heavy atom. The third-order valence-electron chi connectivity index (χ3n) is 4.77. The van der Waals surface area contributed by atoms with Gasteiger partial charge in [-0.15, -0.1) is 0 Å². The van der Waals surface area contributed by atoms with Gasteiger partial charge < -0.3 is 15.0 Å². The Morgan fingerprint density at radius 1 is 1.45 bits per heavy atom. The SMILES string of the molecule is CCc1c[nH]c2ncnc(NCC34CC(CCO3)C4)c12. The number of nitrogens with zero attached hydrogens (tertiary/aromatic N) is 2. The molecule has 106 valence electrons. The summed E-state index contributed by atoms with van der Waals surface area (Å²) in [5.74, 6) is 1.81. The van der Waals surface area contributed by atoms with Crippen LogP contribution in [0.4, 0.5) is 5.82 Å². The predicted octanol–water partition coefficient (Wildman–Crippen LogP) is 2.50. The van der Waals surface area contributed by atoms with E-state index in [1.165, 1.54) is 24.8 Å². The maximum absolute atomic E-state index is 5.99. The highest BCUT2D eigenvalue weighted by Gasteiger charge is 2.48. The van der Waals surface area contributed by atoms with Crippen molar-refractivity contribution in [3.05, 3.63) is 18.1 Å². The Kier molecular flexibility index (Phi) is 2.70. The van der Waals surface area contributed by atoms with Crippen LogP contribution in [-0.4, -0.2) is 33.7 Å². The summed E-state index contributed by atoms with van der Waals surface area (Å²) in [7, 11) is 0. The van der Waals surface area contributed by atoms with E-state index >= 15 is 0 Å². The van der Waals surface area contributed by atoms with Gasteiger partial charge in [-0.05, 0) is 37.2 Å². The number of ether oxygens (including phenoxy) is 1. The van der Waals surface area contributed by atoms with E-state index in [2.05, 4.69) is 27.2 Å². The summed E-state index contributed by atoms with van der Waals surface area (Å²) < 4.78 is 5.99. The maximum Gasteiger partial charge on any atom is 0.143 e. The van der Waals surface area contributed by atoms with Gasteiger partial charge in [-0.25, -0.2) is 9.97 Å². The normalized spacial score (nSPS) is 28.4. The molecule has 2 aromatic heterocycles. The Balaban J connectivity index is 1.58. The van der Waals surface area contributed by atoms with Crippen molar-refractivity contribution in [1.29, 1.82) is 0 Å². The van der Waals surface area contributed by atoms with Crippen LogP contribution >= 0.6 is 0 Å². The monoisotopic (exact) mass is 272 g/mol. The minimum Gasteiger partial charge on any atom is -0.373 e. The fraction of sp³-hybridized carbons (Fsp3) is 0.600. The van der Waals surface area contributed by atoms with Gasteiger partial charge in [0, 0.05) is 19.3 Å². The highest BCUT2D eigenvalue weighted by molar-refractivity contribution is 5.90. The molecule has 3 aliphatic rings. The molecule has 5 rings (SSSR count). The molecule has 1 aliphatic carbocycles. The summed E-state index contributed by atoms with van der Waals surface area (Å²) >= 11 is 0. The number of aromatic amines is 1. The highest BCUT2D eigenvalue weighted by Crippen LogP contribution is 2.47. The quantitative estimate of drug-likeness (QED) is 0.897. The molecule has 0 aromatic carbocycles. The van der Waals surface area contributed by atoms with Gasteiger partial charge in [0.15, 0.2) is 0 Å². The maximum atomic E-state index is 5.99. The Hall–Kier alpha value is -1.62. The number of hydrogen-bond acceptors (Lipinski definition) is 4. The standard InChI is InChI=1S/C15H20N4O/c1-2-11-7-16-13-12(11)14(19-9-18-13)17-8-15-5-10(6-15)3-4-20-15/h7,9-10H,2-6,8H2,1H3,(H2,16,17,18,19). The molecule has 4 heterocycles. The summed E-state index contributed by atoms with van der Waals surface area (Å²) in [6.07, 6.45) is 8.25. The Bertz CT molecular complexity index is 624. The number of aromatic nitrogens is 3.